The Morgan fingerprint density at radius 2 is 1.95 bits per heavy atom. The fraction of sp³-hybridized carbons (Fsp3) is 0.0667. The molecule has 0 saturated carbocycles. The second kappa shape index (κ2) is 6.56. The van der Waals surface area contributed by atoms with Crippen molar-refractivity contribution in [2.45, 2.75) is 6.04 Å². The molecule has 0 fully saturated rings. The molecule has 0 bridgehead atoms. The summed E-state index contributed by atoms with van der Waals surface area (Å²) < 4.78 is 0.590. The fourth-order valence-corrected chi connectivity index (χ4v) is 2.58. The van der Waals surface area contributed by atoms with Gasteiger partial charge in [-0.05, 0) is 39.7 Å². The van der Waals surface area contributed by atoms with Crippen molar-refractivity contribution < 1.29 is 4.79 Å². The third-order valence-corrected chi connectivity index (χ3v) is 3.60. The second-order valence-electron chi connectivity index (χ2n) is 4.07. The summed E-state index contributed by atoms with van der Waals surface area (Å²) in [5.41, 5.74) is 1.18. The van der Waals surface area contributed by atoms with Crippen molar-refractivity contribution >= 4 is 33.4 Å². The number of rotatable bonds is 3. The van der Waals surface area contributed by atoms with Gasteiger partial charge >= 0.3 is 0 Å². The SMILES string of the molecule is N#CC(NC(=O)c1ccc(Cl)cc1Br)c1ccccc1. The van der Waals surface area contributed by atoms with Crippen molar-refractivity contribution in [3.63, 3.8) is 0 Å². The Balaban J connectivity index is 2.20. The van der Waals surface area contributed by atoms with E-state index in [-0.39, 0.29) is 5.91 Å². The topological polar surface area (TPSA) is 52.9 Å². The molecule has 0 radical (unpaired) electrons. The van der Waals surface area contributed by atoms with Gasteiger partial charge in [0.2, 0.25) is 0 Å². The van der Waals surface area contributed by atoms with Crippen LogP contribution >= 0.6 is 27.5 Å². The predicted molar refractivity (Wildman–Crippen MR) is 81.4 cm³/mol. The molecular formula is C15H10BrClN2O. The maximum absolute atomic E-state index is 12.2. The predicted octanol–water partition coefficient (Wildman–Crippen LogP) is 4.10. The number of benzene rings is 2. The van der Waals surface area contributed by atoms with Crippen LogP contribution < -0.4 is 5.32 Å². The van der Waals surface area contributed by atoms with Crippen LogP contribution in [0, 0.1) is 11.3 Å². The molecule has 1 N–H and O–H groups in total. The second-order valence-corrected chi connectivity index (χ2v) is 5.36. The molecule has 0 spiro atoms. The first-order valence-corrected chi connectivity index (χ1v) is 6.99. The van der Waals surface area contributed by atoms with Crippen LogP contribution in [0.15, 0.2) is 53.0 Å². The average Bonchev–Trinajstić information content (AvgIpc) is 2.45. The molecule has 0 saturated heterocycles. The Labute approximate surface area is 130 Å². The lowest BCUT2D eigenvalue weighted by molar-refractivity contribution is 0.0944. The summed E-state index contributed by atoms with van der Waals surface area (Å²) in [7, 11) is 0. The highest BCUT2D eigenvalue weighted by molar-refractivity contribution is 9.10. The van der Waals surface area contributed by atoms with E-state index in [9.17, 15) is 10.1 Å². The van der Waals surface area contributed by atoms with E-state index in [0.717, 1.165) is 5.56 Å². The summed E-state index contributed by atoms with van der Waals surface area (Å²) in [4.78, 5) is 12.2. The molecule has 2 aromatic carbocycles. The summed E-state index contributed by atoms with van der Waals surface area (Å²) >= 11 is 9.12. The van der Waals surface area contributed by atoms with Crippen LogP contribution in [-0.2, 0) is 0 Å². The Morgan fingerprint density at radius 3 is 2.55 bits per heavy atom. The van der Waals surface area contributed by atoms with Gasteiger partial charge in [-0.2, -0.15) is 5.26 Å². The van der Waals surface area contributed by atoms with Crippen molar-refractivity contribution in [1.82, 2.24) is 5.32 Å². The van der Waals surface area contributed by atoms with E-state index in [1.54, 1.807) is 30.3 Å². The van der Waals surface area contributed by atoms with Crippen molar-refractivity contribution in [3.05, 3.63) is 69.2 Å². The molecule has 0 aromatic heterocycles. The normalized spacial score (nSPS) is 11.4. The lowest BCUT2D eigenvalue weighted by Crippen LogP contribution is -2.27. The average molecular weight is 350 g/mol. The van der Waals surface area contributed by atoms with Crippen LogP contribution in [-0.4, -0.2) is 5.91 Å². The fourth-order valence-electron chi connectivity index (χ4n) is 1.72. The van der Waals surface area contributed by atoms with E-state index in [0.29, 0.717) is 15.1 Å². The molecule has 1 unspecified atom stereocenters. The standard InChI is InChI=1S/C15H10BrClN2O/c16-13-8-11(17)6-7-12(13)15(20)19-14(9-18)10-4-2-1-3-5-10/h1-8,14H,(H,19,20). The highest BCUT2D eigenvalue weighted by atomic mass is 79.9. The van der Waals surface area contributed by atoms with Gasteiger partial charge in [0.1, 0.15) is 6.04 Å². The Hall–Kier alpha value is -1.83. The molecule has 5 heteroatoms. The number of hydrogen-bond donors (Lipinski definition) is 1. The number of nitrogens with one attached hydrogen (secondary N) is 1. The van der Waals surface area contributed by atoms with Crippen LogP contribution in [0.4, 0.5) is 0 Å². The van der Waals surface area contributed by atoms with Gasteiger partial charge in [-0.3, -0.25) is 4.79 Å². The molecule has 0 aliphatic rings. The van der Waals surface area contributed by atoms with Crippen LogP contribution in [0.5, 0.6) is 0 Å². The molecule has 2 rings (SSSR count). The minimum absolute atomic E-state index is 0.330. The van der Waals surface area contributed by atoms with Crippen LogP contribution in [0.1, 0.15) is 22.0 Å². The molecule has 1 atom stereocenters. The molecule has 0 aliphatic heterocycles. The first-order valence-electron chi connectivity index (χ1n) is 5.82. The monoisotopic (exact) mass is 348 g/mol. The van der Waals surface area contributed by atoms with E-state index in [1.165, 1.54) is 0 Å². The van der Waals surface area contributed by atoms with Gasteiger partial charge in [-0.15, -0.1) is 0 Å². The summed E-state index contributed by atoms with van der Waals surface area (Å²) in [6.07, 6.45) is 0. The van der Waals surface area contributed by atoms with E-state index >= 15 is 0 Å². The Bertz CT molecular complexity index is 667. The molecule has 100 valence electrons. The van der Waals surface area contributed by atoms with Crippen LogP contribution in [0.2, 0.25) is 5.02 Å². The van der Waals surface area contributed by atoms with E-state index in [4.69, 9.17) is 11.6 Å². The zero-order valence-corrected chi connectivity index (χ0v) is 12.6. The highest BCUT2D eigenvalue weighted by Gasteiger charge is 2.16. The quantitative estimate of drug-likeness (QED) is 0.907. The molecular weight excluding hydrogens is 340 g/mol. The minimum Gasteiger partial charge on any atom is -0.332 e. The van der Waals surface area contributed by atoms with Crippen molar-refractivity contribution in [1.29, 1.82) is 5.26 Å². The number of hydrogen-bond acceptors (Lipinski definition) is 2. The molecule has 0 aliphatic carbocycles. The molecule has 1 amide bonds. The largest absolute Gasteiger partial charge is 0.332 e. The lowest BCUT2D eigenvalue weighted by Gasteiger charge is -2.12. The molecule has 3 nitrogen and oxygen atoms in total. The van der Waals surface area contributed by atoms with E-state index in [2.05, 4.69) is 27.3 Å². The summed E-state index contributed by atoms with van der Waals surface area (Å²) in [5, 5.41) is 12.4. The lowest BCUT2D eigenvalue weighted by atomic mass is 10.1. The highest BCUT2D eigenvalue weighted by Crippen LogP contribution is 2.22. The molecule has 0 heterocycles. The van der Waals surface area contributed by atoms with Gasteiger partial charge < -0.3 is 5.32 Å². The van der Waals surface area contributed by atoms with Gasteiger partial charge in [0.15, 0.2) is 0 Å². The van der Waals surface area contributed by atoms with Gasteiger partial charge in [0, 0.05) is 9.50 Å². The number of amides is 1. The molecule has 20 heavy (non-hydrogen) atoms. The minimum atomic E-state index is -0.689. The number of carbonyl (C=O) groups is 1. The first kappa shape index (κ1) is 14.6. The third kappa shape index (κ3) is 3.38. The van der Waals surface area contributed by atoms with Crippen LogP contribution in [0.3, 0.4) is 0 Å². The maximum atomic E-state index is 12.2. The third-order valence-electron chi connectivity index (χ3n) is 2.71. The van der Waals surface area contributed by atoms with Gasteiger partial charge in [0.25, 0.3) is 5.91 Å². The first-order chi connectivity index (χ1) is 9.61. The van der Waals surface area contributed by atoms with E-state index in [1.807, 2.05) is 18.2 Å². The number of nitriles is 1. The zero-order valence-electron chi connectivity index (χ0n) is 10.3. The van der Waals surface area contributed by atoms with Gasteiger partial charge in [-0.1, -0.05) is 41.9 Å². The summed E-state index contributed by atoms with van der Waals surface area (Å²) in [6, 6.07) is 15.4. The Kier molecular flexibility index (Phi) is 4.78. The number of carbonyl (C=O) groups excluding carboxylic acids is 1. The maximum Gasteiger partial charge on any atom is 0.253 e. The summed E-state index contributed by atoms with van der Waals surface area (Å²) in [6.45, 7) is 0. The van der Waals surface area contributed by atoms with Gasteiger partial charge in [-0.25, -0.2) is 0 Å². The zero-order chi connectivity index (χ0) is 14.5. The number of halogens is 2. The smallest absolute Gasteiger partial charge is 0.253 e. The van der Waals surface area contributed by atoms with Crippen LogP contribution in [0.25, 0.3) is 0 Å². The molecule has 2 aromatic rings. The van der Waals surface area contributed by atoms with E-state index < -0.39 is 6.04 Å². The van der Waals surface area contributed by atoms with Crippen molar-refractivity contribution in [3.8, 4) is 6.07 Å². The van der Waals surface area contributed by atoms with Crippen molar-refractivity contribution in [2.75, 3.05) is 0 Å². The Morgan fingerprint density at radius 1 is 1.25 bits per heavy atom. The summed E-state index contributed by atoms with van der Waals surface area (Å²) in [5.74, 6) is -0.330. The van der Waals surface area contributed by atoms with Gasteiger partial charge in [0.05, 0.1) is 11.6 Å². The van der Waals surface area contributed by atoms with Crippen molar-refractivity contribution in [2.24, 2.45) is 0 Å². The number of nitrogens with zero attached hydrogens (tertiary/aromatic N) is 1.